The molecule has 0 aliphatic rings. The third kappa shape index (κ3) is 5.21. The number of benzene rings is 1. The summed E-state index contributed by atoms with van der Waals surface area (Å²) in [7, 11) is 0. The molecule has 0 heterocycles. The molecule has 1 aromatic rings. The summed E-state index contributed by atoms with van der Waals surface area (Å²) >= 11 is 0. The molecular formula is C16H27NO2. The standard InChI is InChI=1S/C16H27NO2/c1-6-18-15-11-9-8-10-14(15)13(3)17-12-16(4,5)19-7-2/h8-11,13,17H,6-7,12H2,1-5H3. The Bertz CT molecular complexity index is 377. The monoisotopic (exact) mass is 265 g/mol. The first-order chi connectivity index (χ1) is 9.00. The zero-order valence-electron chi connectivity index (χ0n) is 12.8. The molecule has 1 atom stereocenters. The highest BCUT2D eigenvalue weighted by molar-refractivity contribution is 5.35. The van der Waals surface area contributed by atoms with Gasteiger partial charge in [0.15, 0.2) is 0 Å². The second-order valence-corrected chi connectivity index (χ2v) is 5.27. The van der Waals surface area contributed by atoms with Crippen LogP contribution in [0.1, 0.15) is 46.2 Å². The predicted molar refractivity (Wildman–Crippen MR) is 79.7 cm³/mol. The lowest BCUT2D eigenvalue weighted by Gasteiger charge is -2.27. The van der Waals surface area contributed by atoms with E-state index in [1.54, 1.807) is 0 Å². The summed E-state index contributed by atoms with van der Waals surface area (Å²) in [6.07, 6.45) is 0. The van der Waals surface area contributed by atoms with Crippen molar-refractivity contribution in [1.82, 2.24) is 5.32 Å². The van der Waals surface area contributed by atoms with Gasteiger partial charge in [0, 0.05) is 24.8 Å². The van der Waals surface area contributed by atoms with Gasteiger partial charge in [0.25, 0.3) is 0 Å². The summed E-state index contributed by atoms with van der Waals surface area (Å²) in [4.78, 5) is 0. The van der Waals surface area contributed by atoms with Gasteiger partial charge >= 0.3 is 0 Å². The lowest BCUT2D eigenvalue weighted by molar-refractivity contribution is -0.0103. The van der Waals surface area contributed by atoms with Crippen molar-refractivity contribution in [2.75, 3.05) is 19.8 Å². The molecule has 3 heteroatoms. The molecule has 0 fully saturated rings. The molecule has 0 aromatic heterocycles. The molecule has 0 spiro atoms. The summed E-state index contributed by atoms with van der Waals surface area (Å²) in [5.74, 6) is 0.958. The first kappa shape index (κ1) is 16.0. The van der Waals surface area contributed by atoms with Gasteiger partial charge in [0.2, 0.25) is 0 Å². The van der Waals surface area contributed by atoms with E-state index in [2.05, 4.69) is 32.2 Å². The summed E-state index contributed by atoms with van der Waals surface area (Å²) in [6, 6.07) is 8.42. The Kier molecular flexibility index (Phi) is 6.32. The zero-order chi connectivity index (χ0) is 14.3. The number of hydrogen-bond donors (Lipinski definition) is 1. The SMILES string of the molecule is CCOc1ccccc1C(C)NCC(C)(C)OCC. The number of hydrogen-bond acceptors (Lipinski definition) is 3. The van der Waals surface area contributed by atoms with Gasteiger partial charge in [-0.15, -0.1) is 0 Å². The average Bonchev–Trinajstić information content (AvgIpc) is 2.37. The third-order valence-electron chi connectivity index (χ3n) is 3.05. The number of rotatable bonds is 8. The normalized spacial score (nSPS) is 13.3. The molecule has 1 aromatic carbocycles. The van der Waals surface area contributed by atoms with Crippen molar-refractivity contribution in [1.29, 1.82) is 0 Å². The Morgan fingerprint density at radius 2 is 1.84 bits per heavy atom. The minimum absolute atomic E-state index is 0.149. The summed E-state index contributed by atoms with van der Waals surface area (Å²) in [5, 5.41) is 3.52. The minimum Gasteiger partial charge on any atom is -0.494 e. The first-order valence-corrected chi connectivity index (χ1v) is 7.09. The van der Waals surface area contributed by atoms with Gasteiger partial charge in [-0.2, -0.15) is 0 Å². The van der Waals surface area contributed by atoms with Gasteiger partial charge in [-0.1, -0.05) is 18.2 Å². The quantitative estimate of drug-likeness (QED) is 0.779. The van der Waals surface area contributed by atoms with Gasteiger partial charge in [0.1, 0.15) is 5.75 Å². The van der Waals surface area contributed by atoms with Crippen molar-refractivity contribution in [2.24, 2.45) is 0 Å². The maximum Gasteiger partial charge on any atom is 0.124 e. The van der Waals surface area contributed by atoms with E-state index in [1.165, 1.54) is 5.56 Å². The van der Waals surface area contributed by atoms with Crippen LogP contribution in [0, 0.1) is 0 Å². The maximum absolute atomic E-state index is 5.70. The molecule has 0 bridgehead atoms. The Balaban J connectivity index is 2.65. The summed E-state index contributed by atoms with van der Waals surface area (Å²) < 4.78 is 11.4. The first-order valence-electron chi connectivity index (χ1n) is 7.09. The van der Waals surface area contributed by atoms with Gasteiger partial charge in [0.05, 0.1) is 12.2 Å². The Morgan fingerprint density at radius 1 is 1.16 bits per heavy atom. The molecule has 0 saturated carbocycles. The van der Waals surface area contributed by atoms with Crippen molar-refractivity contribution in [3.8, 4) is 5.75 Å². The average molecular weight is 265 g/mol. The largest absolute Gasteiger partial charge is 0.494 e. The van der Waals surface area contributed by atoms with Crippen molar-refractivity contribution >= 4 is 0 Å². The molecule has 1 N–H and O–H groups in total. The molecule has 0 saturated heterocycles. The maximum atomic E-state index is 5.70. The molecule has 0 amide bonds. The van der Waals surface area contributed by atoms with E-state index in [0.29, 0.717) is 6.61 Å². The van der Waals surface area contributed by atoms with E-state index in [1.807, 2.05) is 32.0 Å². The zero-order valence-corrected chi connectivity index (χ0v) is 12.8. The Morgan fingerprint density at radius 3 is 2.47 bits per heavy atom. The fourth-order valence-electron chi connectivity index (χ4n) is 2.08. The van der Waals surface area contributed by atoms with Crippen LogP contribution in [0.4, 0.5) is 0 Å². The summed E-state index contributed by atoms with van der Waals surface area (Å²) in [6.45, 7) is 12.6. The lowest BCUT2D eigenvalue weighted by atomic mass is 10.1. The molecule has 1 unspecified atom stereocenters. The van der Waals surface area contributed by atoms with E-state index in [9.17, 15) is 0 Å². The van der Waals surface area contributed by atoms with Gasteiger partial charge < -0.3 is 14.8 Å². The minimum atomic E-state index is -0.149. The number of ether oxygens (including phenoxy) is 2. The molecule has 0 aliphatic carbocycles. The lowest BCUT2D eigenvalue weighted by Crippen LogP contribution is -2.38. The van der Waals surface area contributed by atoms with Crippen LogP contribution in [0.3, 0.4) is 0 Å². The van der Waals surface area contributed by atoms with E-state index >= 15 is 0 Å². The highest BCUT2D eigenvalue weighted by Crippen LogP contribution is 2.25. The molecule has 0 radical (unpaired) electrons. The van der Waals surface area contributed by atoms with Crippen LogP contribution in [-0.2, 0) is 4.74 Å². The van der Waals surface area contributed by atoms with Crippen molar-refractivity contribution < 1.29 is 9.47 Å². The van der Waals surface area contributed by atoms with Crippen LogP contribution < -0.4 is 10.1 Å². The Labute approximate surface area is 117 Å². The topological polar surface area (TPSA) is 30.5 Å². The molecular weight excluding hydrogens is 238 g/mol. The van der Waals surface area contributed by atoms with Gasteiger partial charge in [-0.05, 0) is 40.7 Å². The second-order valence-electron chi connectivity index (χ2n) is 5.27. The number of para-hydroxylation sites is 1. The van der Waals surface area contributed by atoms with E-state index in [-0.39, 0.29) is 11.6 Å². The van der Waals surface area contributed by atoms with Crippen LogP contribution in [0.5, 0.6) is 5.75 Å². The van der Waals surface area contributed by atoms with Crippen LogP contribution in [0.2, 0.25) is 0 Å². The van der Waals surface area contributed by atoms with Crippen LogP contribution in [-0.4, -0.2) is 25.4 Å². The van der Waals surface area contributed by atoms with Gasteiger partial charge in [-0.25, -0.2) is 0 Å². The molecule has 0 aliphatic heterocycles. The fraction of sp³-hybridized carbons (Fsp3) is 0.625. The van der Waals surface area contributed by atoms with Gasteiger partial charge in [-0.3, -0.25) is 0 Å². The molecule has 108 valence electrons. The highest BCUT2D eigenvalue weighted by Gasteiger charge is 2.19. The molecule has 3 nitrogen and oxygen atoms in total. The fourth-order valence-corrected chi connectivity index (χ4v) is 2.08. The smallest absolute Gasteiger partial charge is 0.124 e. The van der Waals surface area contributed by atoms with Crippen molar-refractivity contribution in [2.45, 2.75) is 46.3 Å². The van der Waals surface area contributed by atoms with Crippen LogP contribution >= 0.6 is 0 Å². The highest BCUT2D eigenvalue weighted by atomic mass is 16.5. The molecule has 1 rings (SSSR count). The van der Waals surface area contributed by atoms with E-state index < -0.39 is 0 Å². The number of nitrogens with one attached hydrogen (secondary N) is 1. The van der Waals surface area contributed by atoms with Crippen LogP contribution in [0.15, 0.2) is 24.3 Å². The van der Waals surface area contributed by atoms with Crippen molar-refractivity contribution in [3.63, 3.8) is 0 Å². The van der Waals surface area contributed by atoms with Crippen molar-refractivity contribution in [3.05, 3.63) is 29.8 Å². The Hall–Kier alpha value is -1.06. The predicted octanol–water partition coefficient (Wildman–Crippen LogP) is 3.55. The second kappa shape index (κ2) is 7.51. The molecule has 19 heavy (non-hydrogen) atoms. The van der Waals surface area contributed by atoms with E-state index in [4.69, 9.17) is 9.47 Å². The van der Waals surface area contributed by atoms with Crippen LogP contribution in [0.25, 0.3) is 0 Å². The third-order valence-corrected chi connectivity index (χ3v) is 3.05. The summed E-state index contributed by atoms with van der Waals surface area (Å²) in [5.41, 5.74) is 1.04. The van der Waals surface area contributed by atoms with E-state index in [0.717, 1.165) is 18.9 Å².